The fraction of sp³-hybridized carbons (Fsp3) is 0.818. The van der Waals surface area contributed by atoms with Gasteiger partial charge in [-0.3, -0.25) is 9.59 Å². The number of likely N-dealkylation sites (tertiary alicyclic amines) is 2. The van der Waals surface area contributed by atoms with Crippen LogP contribution in [0.4, 0.5) is 0 Å². The summed E-state index contributed by atoms with van der Waals surface area (Å²) < 4.78 is 0. The van der Waals surface area contributed by atoms with Crippen LogP contribution in [0.1, 0.15) is 64.2 Å². The molecular weight excluding hydrogens is 380 g/mol. The summed E-state index contributed by atoms with van der Waals surface area (Å²) in [4.78, 5) is 28.6. The molecular formula is C22H32N6O2. The predicted molar refractivity (Wildman–Crippen MR) is 110 cm³/mol. The van der Waals surface area contributed by atoms with Crippen LogP contribution in [0.5, 0.6) is 0 Å². The summed E-state index contributed by atoms with van der Waals surface area (Å²) >= 11 is 0. The minimum Gasteiger partial charge on any atom is -0.326 e. The molecule has 162 valence electrons. The Balaban J connectivity index is 1.25. The molecule has 0 radical (unpaired) electrons. The Morgan fingerprint density at radius 1 is 0.767 bits per heavy atom. The van der Waals surface area contributed by atoms with Crippen molar-refractivity contribution in [2.75, 3.05) is 26.2 Å². The van der Waals surface area contributed by atoms with Gasteiger partial charge in [0.05, 0.1) is 25.2 Å². The molecule has 8 nitrogen and oxygen atoms in total. The van der Waals surface area contributed by atoms with Crippen LogP contribution in [0.3, 0.4) is 0 Å². The first-order chi connectivity index (χ1) is 14.5. The fourth-order valence-electron chi connectivity index (χ4n) is 5.84. The van der Waals surface area contributed by atoms with Crippen molar-refractivity contribution in [1.29, 1.82) is 10.5 Å². The van der Waals surface area contributed by atoms with Gasteiger partial charge in [-0.25, -0.2) is 0 Å². The van der Waals surface area contributed by atoms with Gasteiger partial charge in [0.15, 0.2) is 0 Å². The molecule has 5 fully saturated rings. The Morgan fingerprint density at radius 3 is 1.47 bits per heavy atom. The molecule has 2 unspecified atom stereocenters. The fourth-order valence-corrected chi connectivity index (χ4v) is 5.84. The Labute approximate surface area is 178 Å². The molecule has 0 spiro atoms. The van der Waals surface area contributed by atoms with Crippen LogP contribution in [0.15, 0.2) is 0 Å². The van der Waals surface area contributed by atoms with E-state index in [-0.39, 0.29) is 35.0 Å². The molecule has 30 heavy (non-hydrogen) atoms. The standard InChI is InChI=1S/C22H32N6O2/c23-13-17-3-1-11-27(17)19(29)15-25-21-5-8-22(9-6-21,10-7-21)26-16-20(30)28-12-2-4-18(28)14-24/h17-18,25-26H,1-12,15-16H2. The van der Waals surface area contributed by atoms with E-state index in [0.717, 1.165) is 64.2 Å². The van der Waals surface area contributed by atoms with Crippen LogP contribution < -0.4 is 10.6 Å². The van der Waals surface area contributed by atoms with Crippen LogP contribution in [-0.2, 0) is 9.59 Å². The molecule has 3 saturated carbocycles. The summed E-state index contributed by atoms with van der Waals surface area (Å²) in [7, 11) is 0. The number of nitrogens with one attached hydrogen (secondary N) is 2. The van der Waals surface area contributed by atoms with Crippen molar-refractivity contribution in [3.63, 3.8) is 0 Å². The maximum absolute atomic E-state index is 12.6. The first-order valence-corrected chi connectivity index (χ1v) is 11.4. The first-order valence-electron chi connectivity index (χ1n) is 11.4. The third kappa shape index (κ3) is 4.04. The third-order valence-electron chi connectivity index (χ3n) is 7.92. The number of carbonyl (C=O) groups is 2. The highest BCUT2D eigenvalue weighted by atomic mass is 16.2. The van der Waals surface area contributed by atoms with E-state index in [9.17, 15) is 20.1 Å². The average Bonchev–Trinajstić information content (AvgIpc) is 3.46. The zero-order chi connectivity index (χ0) is 21.2. The summed E-state index contributed by atoms with van der Waals surface area (Å²) in [5.41, 5.74) is 0.0115. The number of nitrogens with zero attached hydrogens (tertiary/aromatic N) is 4. The van der Waals surface area contributed by atoms with Gasteiger partial charge in [0.2, 0.25) is 11.8 Å². The molecule has 8 heteroatoms. The molecule has 2 N–H and O–H groups in total. The van der Waals surface area contributed by atoms with E-state index in [1.54, 1.807) is 9.80 Å². The Hall–Kier alpha value is -2.16. The minimum atomic E-state index is -0.264. The highest BCUT2D eigenvalue weighted by Gasteiger charge is 2.48. The van der Waals surface area contributed by atoms with E-state index in [1.165, 1.54) is 0 Å². The highest BCUT2D eigenvalue weighted by molar-refractivity contribution is 5.80. The SMILES string of the molecule is N#CC1CCCN1C(=O)CNC12CCC(NCC(=O)N3CCCC3C#N)(CC1)CC2. The lowest BCUT2D eigenvalue weighted by Gasteiger charge is -2.54. The van der Waals surface area contributed by atoms with Gasteiger partial charge >= 0.3 is 0 Å². The number of fused-ring (bicyclic) bond motifs is 3. The van der Waals surface area contributed by atoms with Crippen molar-refractivity contribution in [1.82, 2.24) is 20.4 Å². The van der Waals surface area contributed by atoms with Crippen LogP contribution in [0.25, 0.3) is 0 Å². The van der Waals surface area contributed by atoms with Crippen molar-refractivity contribution in [2.45, 2.75) is 87.4 Å². The van der Waals surface area contributed by atoms with Crippen molar-refractivity contribution in [2.24, 2.45) is 0 Å². The molecule has 3 aliphatic carbocycles. The van der Waals surface area contributed by atoms with Crippen molar-refractivity contribution >= 4 is 11.8 Å². The first kappa shape index (κ1) is 21.1. The molecule has 0 aromatic rings. The van der Waals surface area contributed by atoms with Crippen molar-refractivity contribution in [3.05, 3.63) is 0 Å². The molecule has 2 aliphatic heterocycles. The molecule has 0 aromatic heterocycles. The Morgan fingerprint density at radius 2 is 1.13 bits per heavy atom. The van der Waals surface area contributed by atoms with Crippen LogP contribution in [0.2, 0.25) is 0 Å². The molecule has 2 heterocycles. The van der Waals surface area contributed by atoms with Gasteiger partial charge in [-0.15, -0.1) is 0 Å². The Bertz CT molecular complexity index is 680. The van der Waals surface area contributed by atoms with Gasteiger partial charge in [-0.2, -0.15) is 10.5 Å². The monoisotopic (exact) mass is 412 g/mol. The van der Waals surface area contributed by atoms with E-state index >= 15 is 0 Å². The van der Waals surface area contributed by atoms with E-state index in [2.05, 4.69) is 22.8 Å². The van der Waals surface area contributed by atoms with Gasteiger partial charge in [0, 0.05) is 24.2 Å². The van der Waals surface area contributed by atoms with Crippen molar-refractivity contribution in [3.8, 4) is 12.1 Å². The second kappa shape index (κ2) is 8.53. The van der Waals surface area contributed by atoms with Gasteiger partial charge < -0.3 is 20.4 Å². The smallest absolute Gasteiger partial charge is 0.237 e. The lowest BCUT2D eigenvalue weighted by Crippen LogP contribution is -2.63. The number of amides is 2. The lowest BCUT2D eigenvalue weighted by molar-refractivity contribution is -0.132. The van der Waals surface area contributed by atoms with Crippen LogP contribution in [0, 0.1) is 22.7 Å². The molecule has 2 saturated heterocycles. The maximum atomic E-state index is 12.6. The summed E-state index contributed by atoms with van der Waals surface area (Å²) in [6.45, 7) is 2.00. The molecule has 2 bridgehead atoms. The number of hydrogen-bond acceptors (Lipinski definition) is 6. The Kier molecular flexibility index (Phi) is 5.99. The molecule has 2 amide bonds. The zero-order valence-corrected chi connectivity index (χ0v) is 17.7. The summed E-state index contributed by atoms with van der Waals surface area (Å²) in [5.74, 6) is 0.0782. The van der Waals surface area contributed by atoms with E-state index in [0.29, 0.717) is 26.2 Å². The summed E-state index contributed by atoms with van der Waals surface area (Å²) in [5, 5.41) is 25.5. The molecule has 5 aliphatic rings. The highest BCUT2D eigenvalue weighted by Crippen LogP contribution is 2.46. The average molecular weight is 413 g/mol. The normalized spacial score (nSPS) is 35.3. The molecule has 5 rings (SSSR count). The van der Waals surface area contributed by atoms with Gasteiger partial charge in [0.1, 0.15) is 12.1 Å². The second-order valence-electron chi connectivity index (χ2n) is 9.52. The third-order valence-corrected chi connectivity index (χ3v) is 7.92. The zero-order valence-electron chi connectivity index (χ0n) is 17.7. The minimum absolute atomic E-state index is 0.00577. The second-order valence-corrected chi connectivity index (χ2v) is 9.52. The lowest BCUT2D eigenvalue weighted by atomic mass is 9.61. The number of nitriles is 2. The van der Waals surface area contributed by atoms with Gasteiger partial charge in [-0.1, -0.05) is 0 Å². The predicted octanol–water partition coefficient (Wildman–Crippen LogP) is 1.04. The van der Waals surface area contributed by atoms with E-state index in [1.807, 2.05) is 0 Å². The summed E-state index contributed by atoms with van der Waals surface area (Å²) in [6, 6.07) is 3.95. The number of carbonyl (C=O) groups excluding carboxylic acids is 2. The van der Waals surface area contributed by atoms with Gasteiger partial charge in [0.25, 0.3) is 0 Å². The van der Waals surface area contributed by atoms with Crippen LogP contribution >= 0.6 is 0 Å². The number of hydrogen-bond donors (Lipinski definition) is 2. The van der Waals surface area contributed by atoms with E-state index in [4.69, 9.17) is 0 Å². The van der Waals surface area contributed by atoms with Crippen molar-refractivity contribution < 1.29 is 9.59 Å². The topological polar surface area (TPSA) is 112 Å². The van der Waals surface area contributed by atoms with E-state index < -0.39 is 0 Å². The largest absolute Gasteiger partial charge is 0.326 e. The van der Waals surface area contributed by atoms with Crippen LogP contribution in [-0.4, -0.2) is 71.0 Å². The molecule has 2 atom stereocenters. The number of rotatable bonds is 6. The quantitative estimate of drug-likeness (QED) is 0.674. The van der Waals surface area contributed by atoms with Gasteiger partial charge in [-0.05, 0) is 64.2 Å². The maximum Gasteiger partial charge on any atom is 0.237 e. The molecule has 0 aromatic carbocycles. The summed E-state index contributed by atoms with van der Waals surface area (Å²) in [6.07, 6.45) is 9.35.